The van der Waals surface area contributed by atoms with E-state index in [1.807, 2.05) is 30.6 Å². The Kier molecular flexibility index (Phi) is 4.00. The summed E-state index contributed by atoms with van der Waals surface area (Å²) in [5, 5.41) is 4.19. The van der Waals surface area contributed by atoms with Crippen LogP contribution in [0.15, 0.2) is 42.9 Å². The van der Waals surface area contributed by atoms with Crippen LogP contribution in [0, 0.1) is 0 Å². The molecule has 1 fully saturated rings. The van der Waals surface area contributed by atoms with Crippen molar-refractivity contribution in [1.29, 1.82) is 0 Å². The minimum atomic E-state index is 0.657. The van der Waals surface area contributed by atoms with Crippen molar-refractivity contribution in [2.45, 2.75) is 6.54 Å². The minimum absolute atomic E-state index is 0.657. The van der Waals surface area contributed by atoms with Gasteiger partial charge < -0.3 is 9.64 Å². The first-order chi connectivity index (χ1) is 11.8. The molecule has 3 aromatic heterocycles. The van der Waals surface area contributed by atoms with Crippen molar-refractivity contribution < 1.29 is 4.74 Å². The van der Waals surface area contributed by atoms with Crippen molar-refractivity contribution >= 4 is 11.5 Å². The molecular weight excluding hydrogens is 304 g/mol. The van der Waals surface area contributed by atoms with E-state index in [-0.39, 0.29) is 0 Å². The fourth-order valence-corrected chi connectivity index (χ4v) is 3.00. The first-order valence-corrected chi connectivity index (χ1v) is 8.08. The number of nitrogens with zero attached hydrogens (tertiary/aromatic N) is 6. The van der Waals surface area contributed by atoms with E-state index in [9.17, 15) is 0 Å². The van der Waals surface area contributed by atoms with Crippen molar-refractivity contribution in [3.63, 3.8) is 0 Å². The molecule has 0 unspecified atom stereocenters. The Hall–Kier alpha value is -2.67. The third-order valence-electron chi connectivity index (χ3n) is 4.35. The third-order valence-corrected chi connectivity index (χ3v) is 4.35. The lowest BCUT2D eigenvalue weighted by Gasteiger charge is -2.35. The van der Waals surface area contributed by atoms with E-state index in [1.54, 1.807) is 17.8 Å². The van der Waals surface area contributed by atoms with Gasteiger partial charge in [-0.2, -0.15) is 5.10 Å². The summed E-state index contributed by atoms with van der Waals surface area (Å²) in [5.74, 6) is 1.68. The molecule has 1 saturated heterocycles. The second-order valence-corrected chi connectivity index (χ2v) is 5.89. The molecule has 24 heavy (non-hydrogen) atoms. The number of piperazine rings is 1. The zero-order valence-corrected chi connectivity index (χ0v) is 13.7. The fourth-order valence-electron chi connectivity index (χ4n) is 3.00. The molecule has 0 bridgehead atoms. The number of fused-ring (bicyclic) bond motifs is 1. The molecule has 0 saturated carbocycles. The van der Waals surface area contributed by atoms with Gasteiger partial charge in [0.05, 0.1) is 13.3 Å². The Morgan fingerprint density at radius 2 is 1.96 bits per heavy atom. The maximum Gasteiger partial charge on any atom is 0.212 e. The largest absolute Gasteiger partial charge is 0.481 e. The molecule has 3 aromatic rings. The number of methoxy groups -OCH3 is 1. The summed E-state index contributed by atoms with van der Waals surface area (Å²) in [6.45, 7) is 4.89. The summed E-state index contributed by atoms with van der Waals surface area (Å²) in [5.41, 5.74) is 2.10. The molecule has 0 aromatic carbocycles. The van der Waals surface area contributed by atoms with E-state index in [0.29, 0.717) is 5.88 Å². The van der Waals surface area contributed by atoms with Gasteiger partial charge in [0.25, 0.3) is 0 Å². The monoisotopic (exact) mass is 324 g/mol. The number of pyridine rings is 1. The quantitative estimate of drug-likeness (QED) is 0.724. The molecule has 0 amide bonds. The average molecular weight is 324 g/mol. The lowest BCUT2D eigenvalue weighted by Crippen LogP contribution is -2.46. The molecule has 4 heterocycles. The van der Waals surface area contributed by atoms with E-state index in [4.69, 9.17) is 4.74 Å². The molecule has 0 spiro atoms. The molecule has 0 atom stereocenters. The van der Waals surface area contributed by atoms with E-state index < -0.39 is 0 Å². The molecular formula is C17H20N6O. The van der Waals surface area contributed by atoms with Gasteiger partial charge in [-0.05, 0) is 11.6 Å². The van der Waals surface area contributed by atoms with Gasteiger partial charge in [-0.1, -0.05) is 6.07 Å². The van der Waals surface area contributed by atoms with Gasteiger partial charge in [0.1, 0.15) is 5.82 Å². The first-order valence-electron chi connectivity index (χ1n) is 8.08. The van der Waals surface area contributed by atoms with Crippen molar-refractivity contribution in [2.24, 2.45) is 0 Å². The van der Waals surface area contributed by atoms with Crippen LogP contribution in [-0.2, 0) is 6.54 Å². The van der Waals surface area contributed by atoms with E-state index >= 15 is 0 Å². The second-order valence-electron chi connectivity index (χ2n) is 5.89. The van der Waals surface area contributed by atoms with Crippen molar-refractivity contribution in [2.75, 3.05) is 38.2 Å². The van der Waals surface area contributed by atoms with Gasteiger partial charge in [-0.15, -0.1) is 0 Å². The van der Waals surface area contributed by atoms with E-state index in [1.165, 1.54) is 5.56 Å². The molecule has 0 N–H and O–H groups in total. The predicted octanol–water partition coefficient (Wildman–Crippen LogP) is 1.46. The van der Waals surface area contributed by atoms with Crippen LogP contribution in [0.1, 0.15) is 5.56 Å². The Morgan fingerprint density at radius 3 is 2.71 bits per heavy atom. The van der Waals surface area contributed by atoms with Crippen LogP contribution < -0.4 is 9.64 Å². The van der Waals surface area contributed by atoms with Gasteiger partial charge in [0.15, 0.2) is 5.65 Å². The average Bonchev–Trinajstić information content (AvgIpc) is 3.11. The number of hydrogen-bond acceptors (Lipinski definition) is 6. The Morgan fingerprint density at radius 1 is 1.08 bits per heavy atom. The molecule has 0 radical (unpaired) electrons. The highest BCUT2D eigenvalue weighted by Crippen LogP contribution is 2.16. The maximum absolute atomic E-state index is 5.10. The summed E-state index contributed by atoms with van der Waals surface area (Å²) in [4.78, 5) is 13.7. The molecule has 1 aliphatic heterocycles. The SMILES string of the molecule is COc1ccc(CN2CCN(c3ccn4nccc4n3)CC2)cn1. The zero-order valence-electron chi connectivity index (χ0n) is 13.7. The Balaban J connectivity index is 1.37. The summed E-state index contributed by atoms with van der Waals surface area (Å²) in [7, 11) is 1.64. The van der Waals surface area contributed by atoms with Crippen molar-refractivity contribution in [3.8, 4) is 5.88 Å². The van der Waals surface area contributed by atoms with Gasteiger partial charge in [-0.3, -0.25) is 4.90 Å². The second kappa shape index (κ2) is 6.45. The van der Waals surface area contributed by atoms with Crippen LogP contribution in [0.4, 0.5) is 5.82 Å². The number of anilines is 1. The standard InChI is InChI=1S/C17H20N6O/c1-24-17-3-2-14(12-18-17)13-21-8-10-22(11-9-21)15-5-7-23-16(20-15)4-6-19-23/h2-7,12H,8-11,13H2,1H3. The minimum Gasteiger partial charge on any atom is -0.481 e. The highest BCUT2D eigenvalue weighted by Gasteiger charge is 2.18. The Bertz CT molecular complexity index is 807. The maximum atomic E-state index is 5.10. The van der Waals surface area contributed by atoms with E-state index in [0.717, 1.165) is 44.2 Å². The van der Waals surface area contributed by atoms with Crippen molar-refractivity contribution in [1.82, 2.24) is 24.5 Å². The number of hydrogen-bond donors (Lipinski definition) is 0. The van der Waals surface area contributed by atoms with Crippen LogP contribution in [0.3, 0.4) is 0 Å². The molecule has 124 valence electrons. The first kappa shape index (κ1) is 14.9. The molecule has 0 aliphatic carbocycles. The van der Waals surface area contributed by atoms with Crippen LogP contribution in [0.25, 0.3) is 5.65 Å². The third kappa shape index (κ3) is 3.03. The predicted molar refractivity (Wildman–Crippen MR) is 91.3 cm³/mol. The lowest BCUT2D eigenvalue weighted by molar-refractivity contribution is 0.249. The van der Waals surface area contributed by atoms with Gasteiger partial charge in [0, 0.05) is 57.3 Å². The topological polar surface area (TPSA) is 58.8 Å². The van der Waals surface area contributed by atoms with Crippen molar-refractivity contribution in [3.05, 3.63) is 48.4 Å². The van der Waals surface area contributed by atoms with Crippen LogP contribution in [-0.4, -0.2) is 57.8 Å². The molecule has 4 rings (SSSR count). The number of aromatic nitrogens is 4. The molecule has 7 nitrogen and oxygen atoms in total. The zero-order chi connectivity index (χ0) is 16.4. The lowest BCUT2D eigenvalue weighted by atomic mass is 10.2. The van der Waals surface area contributed by atoms with Crippen LogP contribution >= 0.6 is 0 Å². The van der Waals surface area contributed by atoms with Gasteiger partial charge in [0.2, 0.25) is 5.88 Å². The fraction of sp³-hybridized carbons (Fsp3) is 0.353. The number of rotatable bonds is 4. The van der Waals surface area contributed by atoms with Crippen LogP contribution in [0.5, 0.6) is 5.88 Å². The normalized spacial score (nSPS) is 15.8. The van der Waals surface area contributed by atoms with Gasteiger partial charge in [-0.25, -0.2) is 14.5 Å². The summed E-state index contributed by atoms with van der Waals surface area (Å²) >= 11 is 0. The highest BCUT2D eigenvalue weighted by molar-refractivity contribution is 5.47. The smallest absolute Gasteiger partial charge is 0.212 e. The molecule has 7 heteroatoms. The summed E-state index contributed by atoms with van der Waals surface area (Å²) in [6.07, 6.45) is 5.63. The highest BCUT2D eigenvalue weighted by atomic mass is 16.5. The number of ether oxygens (including phenoxy) is 1. The summed E-state index contributed by atoms with van der Waals surface area (Å²) < 4.78 is 6.89. The van der Waals surface area contributed by atoms with Crippen LogP contribution in [0.2, 0.25) is 0 Å². The Labute approximate surface area is 140 Å². The molecule has 1 aliphatic rings. The summed E-state index contributed by atoms with van der Waals surface area (Å²) in [6, 6.07) is 7.95. The van der Waals surface area contributed by atoms with E-state index in [2.05, 4.69) is 30.9 Å². The van der Waals surface area contributed by atoms with Gasteiger partial charge >= 0.3 is 0 Å².